The minimum Gasteiger partial charge on any atom is -0.355 e. The van der Waals surface area contributed by atoms with Crippen molar-refractivity contribution in [2.45, 2.75) is 36.6 Å². The Hall–Kier alpha value is -0.710. The fourth-order valence-electron chi connectivity index (χ4n) is 2.51. The van der Waals surface area contributed by atoms with Crippen molar-refractivity contribution in [1.82, 2.24) is 10.2 Å². The van der Waals surface area contributed by atoms with E-state index in [-0.39, 0.29) is 5.91 Å². The number of nitrogens with zero attached hydrogens (tertiary/aromatic N) is 1. The Kier molecular flexibility index (Phi) is 6.87. The van der Waals surface area contributed by atoms with Crippen LogP contribution in [0.5, 0.6) is 0 Å². The van der Waals surface area contributed by atoms with E-state index in [0.717, 1.165) is 30.3 Å². The van der Waals surface area contributed by atoms with E-state index in [1.807, 2.05) is 24.3 Å². The van der Waals surface area contributed by atoms with Crippen molar-refractivity contribution in [3.8, 4) is 0 Å². The third kappa shape index (κ3) is 5.89. The third-order valence-corrected chi connectivity index (χ3v) is 5.19. The third-order valence-electron chi connectivity index (χ3n) is 3.84. The minimum absolute atomic E-state index is 0.173. The van der Waals surface area contributed by atoms with Crippen LogP contribution in [0.2, 0.25) is 5.02 Å². The van der Waals surface area contributed by atoms with E-state index in [1.165, 1.54) is 17.7 Å². The van der Waals surface area contributed by atoms with Crippen molar-refractivity contribution < 1.29 is 4.79 Å². The molecule has 1 atom stereocenters. The highest BCUT2D eigenvalue weighted by atomic mass is 35.5. The minimum atomic E-state index is 0.173. The Bertz CT molecular complexity index is 452. The second-order valence-corrected chi connectivity index (χ2v) is 7.09. The molecule has 1 fully saturated rings. The Balaban J connectivity index is 1.55. The molecule has 5 heteroatoms. The van der Waals surface area contributed by atoms with Crippen LogP contribution in [-0.4, -0.2) is 42.7 Å². The first-order chi connectivity index (χ1) is 10.1. The van der Waals surface area contributed by atoms with Gasteiger partial charge in [0.2, 0.25) is 5.91 Å². The van der Waals surface area contributed by atoms with Gasteiger partial charge in [-0.15, -0.1) is 11.8 Å². The van der Waals surface area contributed by atoms with Crippen LogP contribution in [0.4, 0.5) is 0 Å². The molecule has 0 saturated carbocycles. The van der Waals surface area contributed by atoms with Crippen molar-refractivity contribution in [1.29, 1.82) is 0 Å². The highest BCUT2D eigenvalue weighted by molar-refractivity contribution is 7.99. The summed E-state index contributed by atoms with van der Waals surface area (Å²) in [5.74, 6) is 1.13. The maximum atomic E-state index is 11.8. The fraction of sp³-hybridized carbons (Fsp3) is 0.562. The molecule has 116 valence electrons. The first-order valence-electron chi connectivity index (χ1n) is 7.50. The predicted octanol–water partition coefficient (Wildman–Crippen LogP) is 3.42. The van der Waals surface area contributed by atoms with Crippen LogP contribution in [0.15, 0.2) is 29.2 Å². The molecule has 3 nitrogen and oxygen atoms in total. The molecule has 1 aliphatic heterocycles. The molecule has 1 heterocycles. The first-order valence-corrected chi connectivity index (χ1v) is 8.87. The molecule has 0 radical (unpaired) electrons. The van der Waals surface area contributed by atoms with Crippen molar-refractivity contribution in [2.75, 3.05) is 25.9 Å². The lowest BCUT2D eigenvalue weighted by Gasteiger charge is -2.19. The van der Waals surface area contributed by atoms with Gasteiger partial charge in [-0.2, -0.15) is 0 Å². The highest BCUT2D eigenvalue weighted by Gasteiger charge is 2.20. The van der Waals surface area contributed by atoms with E-state index >= 15 is 0 Å². The Labute approximate surface area is 136 Å². The van der Waals surface area contributed by atoms with Crippen LogP contribution in [-0.2, 0) is 4.79 Å². The first kappa shape index (κ1) is 16.7. The number of rotatable bonds is 7. The summed E-state index contributed by atoms with van der Waals surface area (Å²) in [4.78, 5) is 15.3. The molecule has 0 bridgehead atoms. The van der Waals surface area contributed by atoms with Crippen molar-refractivity contribution in [3.63, 3.8) is 0 Å². The van der Waals surface area contributed by atoms with Gasteiger partial charge in [0.25, 0.3) is 0 Å². The number of likely N-dealkylation sites (N-methyl/N-ethyl adjacent to an activating group) is 1. The normalized spacial score (nSPS) is 18.9. The molecule has 0 aliphatic carbocycles. The number of likely N-dealkylation sites (tertiary alicyclic amines) is 1. The second kappa shape index (κ2) is 8.66. The zero-order chi connectivity index (χ0) is 15.1. The molecule has 21 heavy (non-hydrogen) atoms. The number of carbonyl (C=O) groups is 1. The number of hydrogen-bond acceptors (Lipinski definition) is 3. The number of thioether (sulfide) groups is 1. The zero-order valence-corrected chi connectivity index (χ0v) is 14.1. The van der Waals surface area contributed by atoms with Crippen LogP contribution in [0.1, 0.15) is 25.7 Å². The standard InChI is InChI=1S/C16H23ClN2OS/c1-19-10-2-4-14(19)12-18-16(20)5-3-11-21-15-8-6-13(17)7-9-15/h6-9,14H,2-5,10-12H2,1H3,(H,18,20)/t14-/m0/s1. The van der Waals surface area contributed by atoms with Gasteiger partial charge in [0.15, 0.2) is 0 Å². The van der Waals surface area contributed by atoms with E-state index in [1.54, 1.807) is 11.8 Å². The van der Waals surface area contributed by atoms with Crippen molar-refractivity contribution in [2.24, 2.45) is 0 Å². The fourth-order valence-corrected chi connectivity index (χ4v) is 3.49. The molecule has 0 aromatic heterocycles. The zero-order valence-electron chi connectivity index (χ0n) is 12.5. The Morgan fingerprint density at radius 2 is 2.19 bits per heavy atom. The summed E-state index contributed by atoms with van der Waals surface area (Å²) in [7, 11) is 2.13. The number of benzene rings is 1. The van der Waals surface area contributed by atoms with Gasteiger partial charge in [0.1, 0.15) is 0 Å². The lowest BCUT2D eigenvalue weighted by molar-refractivity contribution is -0.121. The van der Waals surface area contributed by atoms with Crippen LogP contribution >= 0.6 is 23.4 Å². The van der Waals surface area contributed by atoms with E-state index in [9.17, 15) is 4.79 Å². The molecule has 1 aromatic carbocycles. The van der Waals surface area contributed by atoms with Gasteiger partial charge in [0, 0.05) is 28.9 Å². The molecular weight excluding hydrogens is 304 g/mol. The number of nitrogens with one attached hydrogen (secondary N) is 1. The molecule has 0 unspecified atom stereocenters. The monoisotopic (exact) mass is 326 g/mol. The predicted molar refractivity (Wildman–Crippen MR) is 90.1 cm³/mol. The van der Waals surface area contributed by atoms with Gasteiger partial charge in [-0.05, 0) is 62.9 Å². The number of halogens is 1. The summed E-state index contributed by atoms with van der Waals surface area (Å²) < 4.78 is 0. The SMILES string of the molecule is CN1CCC[C@H]1CNC(=O)CCCSc1ccc(Cl)cc1. The van der Waals surface area contributed by atoms with Gasteiger partial charge in [-0.1, -0.05) is 11.6 Å². The number of hydrogen-bond donors (Lipinski definition) is 1. The van der Waals surface area contributed by atoms with Gasteiger partial charge in [-0.25, -0.2) is 0 Å². The molecule has 1 N–H and O–H groups in total. The topological polar surface area (TPSA) is 32.3 Å². The van der Waals surface area contributed by atoms with E-state index in [4.69, 9.17) is 11.6 Å². The van der Waals surface area contributed by atoms with Crippen molar-refractivity contribution in [3.05, 3.63) is 29.3 Å². The molecule has 2 rings (SSSR count). The maximum absolute atomic E-state index is 11.8. The summed E-state index contributed by atoms with van der Waals surface area (Å²) in [6.07, 6.45) is 3.95. The molecule has 1 amide bonds. The van der Waals surface area contributed by atoms with Crippen LogP contribution < -0.4 is 5.32 Å². The van der Waals surface area contributed by atoms with Gasteiger partial charge >= 0.3 is 0 Å². The van der Waals surface area contributed by atoms with E-state index in [2.05, 4.69) is 17.3 Å². The quantitative estimate of drug-likeness (QED) is 0.615. The molecule has 1 aliphatic rings. The summed E-state index contributed by atoms with van der Waals surface area (Å²) in [5, 5.41) is 3.81. The van der Waals surface area contributed by atoms with E-state index in [0.29, 0.717) is 12.5 Å². The number of carbonyl (C=O) groups excluding carboxylic acids is 1. The second-order valence-electron chi connectivity index (χ2n) is 5.49. The Morgan fingerprint density at radius 3 is 2.86 bits per heavy atom. The van der Waals surface area contributed by atoms with Crippen LogP contribution in [0.3, 0.4) is 0 Å². The van der Waals surface area contributed by atoms with Crippen molar-refractivity contribution >= 4 is 29.3 Å². The average Bonchev–Trinajstić information content (AvgIpc) is 2.89. The summed E-state index contributed by atoms with van der Waals surface area (Å²) in [6.45, 7) is 1.94. The lowest BCUT2D eigenvalue weighted by Crippen LogP contribution is -2.38. The molecular formula is C16H23ClN2OS. The maximum Gasteiger partial charge on any atom is 0.220 e. The smallest absolute Gasteiger partial charge is 0.220 e. The number of amides is 1. The van der Waals surface area contributed by atoms with Gasteiger partial charge in [-0.3, -0.25) is 4.79 Å². The van der Waals surface area contributed by atoms with Crippen LogP contribution in [0, 0.1) is 0 Å². The van der Waals surface area contributed by atoms with Crippen LogP contribution in [0.25, 0.3) is 0 Å². The Morgan fingerprint density at radius 1 is 1.43 bits per heavy atom. The van der Waals surface area contributed by atoms with Gasteiger partial charge < -0.3 is 10.2 Å². The molecule has 0 spiro atoms. The van der Waals surface area contributed by atoms with E-state index < -0.39 is 0 Å². The summed E-state index contributed by atoms with van der Waals surface area (Å²) in [6, 6.07) is 8.35. The molecule has 1 aromatic rings. The molecule has 1 saturated heterocycles. The lowest BCUT2D eigenvalue weighted by atomic mass is 10.2. The summed E-state index contributed by atoms with van der Waals surface area (Å²) in [5.41, 5.74) is 0. The summed E-state index contributed by atoms with van der Waals surface area (Å²) >= 11 is 7.62. The largest absolute Gasteiger partial charge is 0.355 e. The van der Waals surface area contributed by atoms with Gasteiger partial charge in [0.05, 0.1) is 0 Å². The average molecular weight is 327 g/mol. The highest BCUT2D eigenvalue weighted by Crippen LogP contribution is 2.21.